The van der Waals surface area contributed by atoms with Gasteiger partial charge >= 0.3 is 0 Å². The lowest BCUT2D eigenvalue weighted by Gasteiger charge is -2.13. The standard InChI is InChI=1S/C31H22S/c1-2-4-13-23(12-3-1)26-15-7-8-16-27(26)31-29-18-10-9-17-28(29)30(32-31)25-20-19-22-11-5-6-14-24(22)21-25/h1,3,5-9,11-12,14-17,19-21H,10,13,18H2. The summed E-state index contributed by atoms with van der Waals surface area (Å²) in [5.74, 6) is 6.38. The summed E-state index contributed by atoms with van der Waals surface area (Å²) in [5.41, 5.74) is 8.13. The molecule has 0 fully saturated rings. The van der Waals surface area contributed by atoms with Gasteiger partial charge < -0.3 is 0 Å². The average molecular weight is 427 g/mol. The number of benzene rings is 3. The van der Waals surface area contributed by atoms with Gasteiger partial charge in [-0.3, -0.25) is 0 Å². The number of hydrogen-bond donors (Lipinski definition) is 0. The van der Waals surface area contributed by atoms with E-state index in [4.69, 9.17) is 0 Å². The maximum absolute atomic E-state index is 3.27. The summed E-state index contributed by atoms with van der Waals surface area (Å²) in [5, 5.41) is 2.58. The van der Waals surface area contributed by atoms with Crippen LogP contribution < -0.4 is 0 Å². The molecule has 0 nitrogen and oxygen atoms in total. The highest BCUT2D eigenvalue weighted by Gasteiger charge is 2.22. The van der Waals surface area contributed by atoms with Crippen LogP contribution in [0.25, 0.3) is 43.3 Å². The SMILES string of the molecule is C1#CCC(c2ccccc2-c2sc(-c3ccc4ccccc4c3)c3c2CCC=C3)=CC=C1. The Kier molecular flexibility index (Phi) is 4.87. The van der Waals surface area contributed by atoms with Crippen molar-refractivity contribution >= 4 is 33.8 Å². The number of rotatable bonds is 3. The fourth-order valence-corrected chi connectivity index (χ4v) is 6.09. The van der Waals surface area contributed by atoms with Crippen LogP contribution in [0.3, 0.4) is 0 Å². The Morgan fingerprint density at radius 1 is 0.812 bits per heavy atom. The Labute approximate surface area is 193 Å². The first-order valence-corrected chi connectivity index (χ1v) is 12.0. The molecule has 1 heteroatoms. The van der Waals surface area contributed by atoms with Gasteiger partial charge in [-0.1, -0.05) is 96.8 Å². The minimum atomic E-state index is 0.787. The first-order valence-electron chi connectivity index (χ1n) is 11.1. The van der Waals surface area contributed by atoms with Crippen LogP contribution in [0.2, 0.25) is 0 Å². The third-order valence-electron chi connectivity index (χ3n) is 6.28. The average Bonchev–Trinajstić information content (AvgIpc) is 3.03. The van der Waals surface area contributed by atoms with Crippen molar-refractivity contribution in [1.82, 2.24) is 0 Å². The van der Waals surface area contributed by atoms with Crippen LogP contribution in [0, 0.1) is 11.8 Å². The predicted octanol–water partition coefficient (Wildman–Crippen LogP) is 8.54. The van der Waals surface area contributed by atoms with Gasteiger partial charge in [0.2, 0.25) is 0 Å². The summed E-state index contributed by atoms with van der Waals surface area (Å²) in [6.07, 6.45) is 13.9. The highest BCUT2D eigenvalue weighted by atomic mass is 32.1. The molecule has 4 aromatic rings. The molecule has 0 amide bonds. The van der Waals surface area contributed by atoms with Crippen LogP contribution in [-0.4, -0.2) is 0 Å². The summed E-state index contributed by atoms with van der Waals surface area (Å²) < 4.78 is 0. The summed E-state index contributed by atoms with van der Waals surface area (Å²) in [7, 11) is 0. The highest BCUT2D eigenvalue weighted by Crippen LogP contribution is 2.47. The lowest BCUT2D eigenvalue weighted by atomic mass is 9.90. The molecule has 0 spiro atoms. The zero-order chi connectivity index (χ0) is 21.3. The number of fused-ring (bicyclic) bond motifs is 2. The molecule has 0 bridgehead atoms. The van der Waals surface area contributed by atoms with Crippen LogP contribution in [0.1, 0.15) is 29.5 Å². The van der Waals surface area contributed by atoms with E-state index in [0.29, 0.717) is 0 Å². The third kappa shape index (κ3) is 3.34. The van der Waals surface area contributed by atoms with E-state index in [1.807, 2.05) is 17.4 Å². The predicted molar refractivity (Wildman–Crippen MR) is 140 cm³/mol. The Morgan fingerprint density at radius 3 is 2.59 bits per heavy atom. The molecule has 0 unspecified atom stereocenters. The minimum absolute atomic E-state index is 0.787. The zero-order valence-electron chi connectivity index (χ0n) is 17.8. The molecular formula is C31H22S. The molecule has 1 aromatic heterocycles. The van der Waals surface area contributed by atoms with Crippen LogP contribution in [0.15, 0.2) is 91.0 Å². The van der Waals surface area contributed by atoms with E-state index in [-0.39, 0.29) is 0 Å². The number of thiophene rings is 1. The first kappa shape index (κ1) is 19.1. The molecule has 0 radical (unpaired) electrons. The van der Waals surface area contributed by atoms with E-state index in [1.54, 1.807) is 0 Å². The second-order valence-corrected chi connectivity index (χ2v) is 9.27. The van der Waals surface area contributed by atoms with E-state index in [9.17, 15) is 0 Å². The van der Waals surface area contributed by atoms with Crippen molar-refractivity contribution in [2.75, 3.05) is 0 Å². The summed E-state index contributed by atoms with van der Waals surface area (Å²) in [6, 6.07) is 24.3. The molecule has 0 atom stereocenters. The van der Waals surface area contributed by atoms with Crippen LogP contribution >= 0.6 is 11.3 Å². The molecule has 152 valence electrons. The minimum Gasteiger partial charge on any atom is -0.134 e. The van der Waals surface area contributed by atoms with Gasteiger partial charge in [0.05, 0.1) is 0 Å². The number of hydrogen-bond acceptors (Lipinski definition) is 1. The normalized spacial score (nSPS) is 14.4. The molecule has 3 aromatic carbocycles. The fourth-order valence-electron chi connectivity index (χ4n) is 4.72. The lowest BCUT2D eigenvalue weighted by Crippen LogP contribution is -1.95. The number of allylic oxidation sites excluding steroid dienone is 5. The molecule has 32 heavy (non-hydrogen) atoms. The molecule has 6 rings (SSSR count). The molecular weight excluding hydrogens is 404 g/mol. The molecule has 0 saturated carbocycles. The molecule has 0 aliphatic heterocycles. The smallest absolute Gasteiger partial charge is 0.0424 e. The Hall–Kier alpha value is -3.60. The van der Waals surface area contributed by atoms with Crippen molar-refractivity contribution < 1.29 is 0 Å². The van der Waals surface area contributed by atoms with Gasteiger partial charge in [-0.2, -0.15) is 0 Å². The largest absolute Gasteiger partial charge is 0.134 e. The van der Waals surface area contributed by atoms with Crippen LogP contribution in [0.5, 0.6) is 0 Å². The van der Waals surface area contributed by atoms with Gasteiger partial charge in [0.15, 0.2) is 0 Å². The van der Waals surface area contributed by atoms with E-state index in [2.05, 4.69) is 103 Å². The van der Waals surface area contributed by atoms with Gasteiger partial charge in [-0.05, 0) is 69.1 Å². The van der Waals surface area contributed by atoms with E-state index in [0.717, 1.165) is 19.3 Å². The van der Waals surface area contributed by atoms with Gasteiger partial charge in [0.25, 0.3) is 0 Å². The third-order valence-corrected chi connectivity index (χ3v) is 7.61. The second kappa shape index (κ2) is 8.15. The van der Waals surface area contributed by atoms with E-state index < -0.39 is 0 Å². The van der Waals surface area contributed by atoms with Crippen molar-refractivity contribution in [2.24, 2.45) is 0 Å². The Morgan fingerprint density at radius 2 is 1.66 bits per heavy atom. The molecule has 2 aliphatic rings. The summed E-state index contributed by atoms with van der Waals surface area (Å²) in [4.78, 5) is 2.78. The van der Waals surface area contributed by atoms with Crippen molar-refractivity contribution in [3.8, 4) is 32.7 Å². The van der Waals surface area contributed by atoms with Crippen molar-refractivity contribution in [1.29, 1.82) is 0 Å². The lowest BCUT2D eigenvalue weighted by molar-refractivity contribution is 0.996. The maximum atomic E-state index is 3.27. The second-order valence-electron chi connectivity index (χ2n) is 8.25. The fraction of sp³-hybridized carbons (Fsp3) is 0.0968. The van der Waals surface area contributed by atoms with Crippen molar-refractivity contribution in [3.63, 3.8) is 0 Å². The van der Waals surface area contributed by atoms with Gasteiger partial charge in [0, 0.05) is 16.2 Å². The van der Waals surface area contributed by atoms with Gasteiger partial charge in [-0.25, -0.2) is 0 Å². The van der Waals surface area contributed by atoms with Gasteiger partial charge in [0.1, 0.15) is 0 Å². The van der Waals surface area contributed by atoms with Crippen LogP contribution in [-0.2, 0) is 6.42 Å². The Bertz CT molecular complexity index is 1490. The first-order chi connectivity index (χ1) is 15.9. The van der Waals surface area contributed by atoms with Crippen molar-refractivity contribution in [2.45, 2.75) is 19.3 Å². The zero-order valence-corrected chi connectivity index (χ0v) is 18.6. The van der Waals surface area contributed by atoms with Crippen LogP contribution in [0.4, 0.5) is 0 Å². The monoisotopic (exact) mass is 426 g/mol. The molecule has 1 heterocycles. The van der Waals surface area contributed by atoms with E-state index >= 15 is 0 Å². The topological polar surface area (TPSA) is 0 Å². The molecule has 2 aliphatic carbocycles. The highest BCUT2D eigenvalue weighted by molar-refractivity contribution is 7.19. The molecule has 0 saturated heterocycles. The maximum Gasteiger partial charge on any atom is 0.0424 e. The quantitative estimate of drug-likeness (QED) is 0.288. The summed E-state index contributed by atoms with van der Waals surface area (Å²) in [6.45, 7) is 0. The summed E-state index contributed by atoms with van der Waals surface area (Å²) >= 11 is 1.94. The molecule has 0 N–H and O–H groups in total. The van der Waals surface area contributed by atoms with Gasteiger partial charge in [-0.15, -0.1) is 11.3 Å². The Balaban J connectivity index is 1.55. The van der Waals surface area contributed by atoms with Crippen molar-refractivity contribution in [3.05, 3.63) is 108 Å². The van der Waals surface area contributed by atoms with E-state index in [1.165, 1.54) is 53.9 Å².